The van der Waals surface area contributed by atoms with E-state index in [4.69, 9.17) is 14.2 Å². The van der Waals surface area contributed by atoms with Crippen molar-refractivity contribution in [2.45, 2.75) is 335 Å². The van der Waals surface area contributed by atoms with Crippen LogP contribution < -0.4 is 0 Å². The zero-order valence-electron chi connectivity index (χ0n) is 49.8. The van der Waals surface area contributed by atoms with Gasteiger partial charge in [0.2, 0.25) is 0 Å². The summed E-state index contributed by atoms with van der Waals surface area (Å²) in [6.07, 6.45) is 82.5. The fraction of sp³-hybridized carbons (Fsp3) is 0.783. The third kappa shape index (κ3) is 61.6. The third-order valence-electron chi connectivity index (χ3n) is 14.2. The average Bonchev–Trinajstić information content (AvgIpc) is 3.41. The molecule has 0 fully saturated rings. The predicted octanol–water partition coefficient (Wildman–Crippen LogP) is 22.1. The fourth-order valence-electron chi connectivity index (χ4n) is 9.35. The number of hydrogen-bond donors (Lipinski definition) is 0. The molecule has 0 heterocycles. The largest absolute Gasteiger partial charge is 0.462 e. The summed E-state index contributed by atoms with van der Waals surface area (Å²) in [7, 11) is 0. The van der Waals surface area contributed by atoms with Crippen LogP contribution in [0.4, 0.5) is 0 Å². The van der Waals surface area contributed by atoms with Crippen LogP contribution in [-0.2, 0) is 28.6 Å². The van der Waals surface area contributed by atoms with Crippen molar-refractivity contribution in [3.63, 3.8) is 0 Å². The second-order valence-corrected chi connectivity index (χ2v) is 21.6. The van der Waals surface area contributed by atoms with E-state index in [-0.39, 0.29) is 31.1 Å². The normalized spacial score (nSPS) is 12.5. The number of esters is 3. The molecule has 0 rings (SSSR count). The molecule has 0 N–H and O–H groups in total. The Bertz CT molecular complexity index is 1390. The minimum atomic E-state index is -0.773. The number of allylic oxidation sites excluding steroid dienone is 12. The Morgan fingerprint density at radius 1 is 0.280 bits per heavy atom. The summed E-state index contributed by atoms with van der Waals surface area (Å²) >= 11 is 0. The van der Waals surface area contributed by atoms with Crippen LogP contribution in [0.3, 0.4) is 0 Å². The lowest BCUT2D eigenvalue weighted by Crippen LogP contribution is -2.30. The van der Waals surface area contributed by atoms with E-state index in [9.17, 15) is 14.4 Å². The second kappa shape index (κ2) is 63.4. The fourth-order valence-corrected chi connectivity index (χ4v) is 9.35. The van der Waals surface area contributed by atoms with E-state index in [1.165, 1.54) is 193 Å². The summed E-state index contributed by atoms with van der Waals surface area (Å²) in [5.74, 6) is -0.879. The summed E-state index contributed by atoms with van der Waals surface area (Å²) in [5, 5.41) is 0. The molecule has 6 heteroatoms. The lowest BCUT2D eigenvalue weighted by Gasteiger charge is -2.18. The van der Waals surface area contributed by atoms with Crippen LogP contribution in [0.15, 0.2) is 72.9 Å². The highest BCUT2D eigenvalue weighted by Crippen LogP contribution is 2.17. The van der Waals surface area contributed by atoms with Crippen LogP contribution in [-0.4, -0.2) is 37.2 Å². The maximum absolute atomic E-state index is 12.8. The van der Waals surface area contributed by atoms with E-state index in [0.717, 1.165) is 96.3 Å². The summed E-state index contributed by atoms with van der Waals surface area (Å²) in [6.45, 7) is 6.47. The highest BCUT2D eigenvalue weighted by Gasteiger charge is 2.19. The first-order chi connectivity index (χ1) is 37.0. The topological polar surface area (TPSA) is 78.9 Å². The van der Waals surface area contributed by atoms with Gasteiger partial charge in [-0.3, -0.25) is 14.4 Å². The van der Waals surface area contributed by atoms with E-state index in [1.54, 1.807) is 0 Å². The van der Waals surface area contributed by atoms with Crippen LogP contribution in [0.25, 0.3) is 0 Å². The molecule has 0 saturated carbocycles. The van der Waals surface area contributed by atoms with Gasteiger partial charge < -0.3 is 14.2 Å². The zero-order valence-corrected chi connectivity index (χ0v) is 49.8. The number of ether oxygens (including phenoxy) is 3. The molecule has 1 unspecified atom stereocenters. The van der Waals surface area contributed by atoms with Crippen molar-refractivity contribution >= 4 is 17.9 Å². The van der Waals surface area contributed by atoms with Crippen molar-refractivity contribution in [1.82, 2.24) is 0 Å². The van der Waals surface area contributed by atoms with Crippen LogP contribution in [0, 0.1) is 0 Å². The van der Waals surface area contributed by atoms with Gasteiger partial charge in [-0.1, -0.05) is 293 Å². The summed E-state index contributed by atoms with van der Waals surface area (Å²) in [5.41, 5.74) is 0. The van der Waals surface area contributed by atoms with Crippen molar-refractivity contribution in [1.29, 1.82) is 0 Å². The zero-order chi connectivity index (χ0) is 54.3. The van der Waals surface area contributed by atoms with Gasteiger partial charge in [-0.05, 0) is 89.9 Å². The second-order valence-electron chi connectivity index (χ2n) is 21.6. The molecule has 0 aliphatic carbocycles. The van der Waals surface area contributed by atoms with Gasteiger partial charge in [0.25, 0.3) is 0 Å². The van der Waals surface area contributed by atoms with Crippen molar-refractivity contribution in [2.24, 2.45) is 0 Å². The summed E-state index contributed by atoms with van der Waals surface area (Å²) in [4.78, 5) is 37.9. The lowest BCUT2D eigenvalue weighted by molar-refractivity contribution is -0.167. The van der Waals surface area contributed by atoms with Crippen LogP contribution in [0.2, 0.25) is 0 Å². The van der Waals surface area contributed by atoms with Gasteiger partial charge in [-0.25, -0.2) is 0 Å². The molecule has 0 radical (unpaired) electrons. The van der Waals surface area contributed by atoms with E-state index in [2.05, 4.69) is 93.7 Å². The first-order valence-electron chi connectivity index (χ1n) is 32.4. The Balaban J connectivity index is 3.99. The predicted molar refractivity (Wildman–Crippen MR) is 325 cm³/mol. The Morgan fingerprint density at radius 2 is 0.520 bits per heavy atom. The van der Waals surface area contributed by atoms with E-state index in [1.807, 2.05) is 0 Å². The quantitative estimate of drug-likeness (QED) is 0.0261. The number of carbonyl (C=O) groups excluding carboxylic acids is 3. The number of hydrogen-bond acceptors (Lipinski definition) is 6. The SMILES string of the molecule is CC/C=C\C/C=C\C/C=C\C/C=C\CCCCCCCCCCCCC(=O)OC(COC(=O)CCCCCCC)COC(=O)CCCCCCCCCCCCCCCCCCC/C=C\C/C=C\CCCCCCC. The molecule has 0 spiro atoms. The van der Waals surface area contributed by atoms with E-state index < -0.39 is 6.10 Å². The van der Waals surface area contributed by atoms with Crippen LogP contribution in [0.5, 0.6) is 0 Å². The standard InChI is InChI=1S/C69H122O6/c1-4-7-10-13-15-17-19-21-23-25-27-29-31-32-33-34-35-36-38-39-41-43-45-47-49-51-53-56-59-62-68(71)74-65-66(64-73-67(70)61-58-55-12-9-6-3)75-69(72)63-60-57-54-52-50-48-46-44-42-40-37-30-28-26-24-22-20-18-16-14-11-8-5-2/h8,11,16,18-19,21-22,24-25,27-28,30,66H,4-7,9-10,12-15,17,20,23,26,29,31-65H2,1-3H3/b11-8-,18-16-,21-19-,24-22-,27-25-,30-28-. The number of rotatable bonds is 59. The molecule has 0 aliphatic heterocycles. The molecule has 1 atom stereocenters. The summed E-state index contributed by atoms with van der Waals surface area (Å²) < 4.78 is 16.8. The number of unbranched alkanes of at least 4 members (excludes halogenated alkanes) is 36. The van der Waals surface area contributed by atoms with Gasteiger partial charge in [0.1, 0.15) is 13.2 Å². The molecule has 0 amide bonds. The molecule has 75 heavy (non-hydrogen) atoms. The third-order valence-corrected chi connectivity index (χ3v) is 14.2. The first-order valence-corrected chi connectivity index (χ1v) is 32.4. The van der Waals surface area contributed by atoms with E-state index in [0.29, 0.717) is 19.3 Å². The molecule has 0 saturated heterocycles. The average molecular weight is 1050 g/mol. The van der Waals surface area contributed by atoms with Gasteiger partial charge in [-0.15, -0.1) is 0 Å². The maximum atomic E-state index is 12.8. The monoisotopic (exact) mass is 1050 g/mol. The Labute approximate surface area is 465 Å². The summed E-state index contributed by atoms with van der Waals surface area (Å²) in [6, 6.07) is 0. The Hall–Kier alpha value is -3.15. The smallest absolute Gasteiger partial charge is 0.306 e. The van der Waals surface area contributed by atoms with Crippen LogP contribution in [0.1, 0.15) is 329 Å². The molecule has 0 aromatic rings. The minimum Gasteiger partial charge on any atom is -0.462 e. The van der Waals surface area contributed by atoms with Crippen LogP contribution >= 0.6 is 0 Å². The first kappa shape index (κ1) is 71.8. The highest BCUT2D eigenvalue weighted by atomic mass is 16.6. The van der Waals surface area contributed by atoms with Crippen molar-refractivity contribution in [3.8, 4) is 0 Å². The van der Waals surface area contributed by atoms with Gasteiger partial charge in [-0.2, -0.15) is 0 Å². The van der Waals surface area contributed by atoms with Crippen molar-refractivity contribution < 1.29 is 28.6 Å². The number of carbonyl (C=O) groups is 3. The van der Waals surface area contributed by atoms with Crippen molar-refractivity contribution in [3.05, 3.63) is 72.9 Å². The van der Waals surface area contributed by atoms with E-state index >= 15 is 0 Å². The van der Waals surface area contributed by atoms with Gasteiger partial charge in [0, 0.05) is 19.3 Å². The molecule has 0 aromatic heterocycles. The molecule has 0 bridgehead atoms. The highest BCUT2D eigenvalue weighted by molar-refractivity contribution is 5.71. The molecular weight excluding hydrogens is 925 g/mol. The van der Waals surface area contributed by atoms with Gasteiger partial charge >= 0.3 is 17.9 Å². The Morgan fingerprint density at radius 3 is 0.813 bits per heavy atom. The molecule has 434 valence electrons. The van der Waals surface area contributed by atoms with Crippen molar-refractivity contribution in [2.75, 3.05) is 13.2 Å². The lowest BCUT2D eigenvalue weighted by atomic mass is 10.0. The van der Waals surface area contributed by atoms with Gasteiger partial charge in [0.15, 0.2) is 6.10 Å². The molecule has 0 aliphatic rings. The van der Waals surface area contributed by atoms with Gasteiger partial charge in [0.05, 0.1) is 0 Å². The maximum Gasteiger partial charge on any atom is 0.306 e. The molecular formula is C69H122O6. The minimum absolute atomic E-state index is 0.0743. The molecule has 6 nitrogen and oxygen atoms in total. The molecule has 0 aromatic carbocycles. The Kier molecular flexibility index (Phi) is 60.7.